The van der Waals surface area contributed by atoms with Crippen LogP contribution < -0.4 is 5.32 Å². The largest absolute Gasteiger partial charge is 0.381 e. The monoisotopic (exact) mass is 336 g/mol. The predicted molar refractivity (Wildman–Crippen MR) is 84.5 cm³/mol. The molecular weight excluding hydrogens is 316 g/mol. The molecule has 3 nitrogen and oxygen atoms in total. The quantitative estimate of drug-likeness (QED) is 0.824. The number of rotatable bonds is 4. The Labute approximate surface area is 129 Å². The Kier molecular flexibility index (Phi) is 5.87. The zero-order valence-corrected chi connectivity index (χ0v) is 13.4. The molecule has 1 aliphatic rings. The van der Waals surface area contributed by atoms with Gasteiger partial charge in [-0.05, 0) is 25.0 Å². The minimum absolute atomic E-state index is 0.104. The number of ether oxygens (including phenoxy) is 1. The minimum Gasteiger partial charge on any atom is -0.381 e. The van der Waals surface area contributed by atoms with Gasteiger partial charge in [-0.3, -0.25) is 0 Å². The summed E-state index contributed by atoms with van der Waals surface area (Å²) < 4.78 is 6.33. The molecule has 2 atom stereocenters. The van der Waals surface area contributed by atoms with Gasteiger partial charge in [0.1, 0.15) is 0 Å². The Balaban J connectivity index is 2.19. The van der Waals surface area contributed by atoms with E-state index in [0.717, 1.165) is 28.6 Å². The average Bonchev–Trinajstić information content (AvgIpc) is 2.67. The van der Waals surface area contributed by atoms with Gasteiger partial charge in [-0.15, -0.1) is 0 Å². The summed E-state index contributed by atoms with van der Waals surface area (Å²) in [6.07, 6.45) is 5.67. The Bertz CT molecular complexity index is 484. The Morgan fingerprint density at radius 3 is 2.90 bits per heavy atom. The highest BCUT2D eigenvalue weighted by Crippen LogP contribution is 2.30. The molecule has 1 aliphatic carbocycles. The molecule has 0 aliphatic heterocycles. The number of nitrogens with one attached hydrogen (secondary N) is 1. The number of hydrogen-bond acceptors (Lipinski definition) is 3. The second kappa shape index (κ2) is 7.66. The molecule has 0 bridgehead atoms. The molecule has 1 saturated carbocycles. The molecule has 0 saturated heterocycles. The molecule has 1 aromatic rings. The maximum Gasteiger partial charge on any atom is 0.0744 e. The number of anilines is 1. The van der Waals surface area contributed by atoms with E-state index < -0.39 is 0 Å². The fraction of sp³-hybridized carbons (Fsp3) is 0.562. The van der Waals surface area contributed by atoms with E-state index in [1.54, 1.807) is 7.11 Å². The predicted octanol–water partition coefficient (Wildman–Crippen LogP) is 4.48. The lowest BCUT2D eigenvalue weighted by Crippen LogP contribution is -2.27. The average molecular weight is 337 g/mol. The Morgan fingerprint density at radius 1 is 1.35 bits per heavy atom. The number of hydrogen-bond donors (Lipinski definition) is 1. The van der Waals surface area contributed by atoms with E-state index in [0.29, 0.717) is 6.61 Å². The van der Waals surface area contributed by atoms with Crippen LogP contribution in [0.5, 0.6) is 0 Å². The fourth-order valence-corrected chi connectivity index (χ4v) is 3.30. The summed E-state index contributed by atoms with van der Waals surface area (Å²) in [5.74, 6) is 0.104. The highest BCUT2D eigenvalue weighted by molar-refractivity contribution is 9.10. The van der Waals surface area contributed by atoms with Crippen LogP contribution in [0.1, 0.15) is 37.7 Å². The molecule has 0 heterocycles. The molecule has 0 spiro atoms. The number of benzene rings is 1. The summed E-state index contributed by atoms with van der Waals surface area (Å²) in [5.41, 5.74) is 2.20. The van der Waals surface area contributed by atoms with Crippen molar-refractivity contribution in [2.24, 2.45) is 5.92 Å². The third-order valence-corrected chi connectivity index (χ3v) is 4.67. The number of nitriles is 1. The van der Waals surface area contributed by atoms with E-state index >= 15 is 0 Å². The van der Waals surface area contributed by atoms with E-state index in [4.69, 9.17) is 4.74 Å². The van der Waals surface area contributed by atoms with Crippen molar-refractivity contribution >= 4 is 21.6 Å². The molecule has 0 amide bonds. The van der Waals surface area contributed by atoms with Gasteiger partial charge in [-0.1, -0.05) is 41.3 Å². The Morgan fingerprint density at radius 2 is 2.15 bits per heavy atom. The molecule has 0 radical (unpaired) electrons. The van der Waals surface area contributed by atoms with Crippen LogP contribution in [0.4, 0.5) is 5.69 Å². The van der Waals surface area contributed by atoms with Crippen LogP contribution >= 0.6 is 15.9 Å². The van der Waals surface area contributed by atoms with E-state index in [9.17, 15) is 5.26 Å². The summed E-state index contributed by atoms with van der Waals surface area (Å²) in [6.45, 7) is 0.563. The van der Waals surface area contributed by atoms with Gasteiger partial charge in [0.25, 0.3) is 0 Å². The van der Waals surface area contributed by atoms with Crippen LogP contribution in [0.25, 0.3) is 0 Å². The molecule has 4 heteroatoms. The molecule has 2 unspecified atom stereocenters. The molecule has 2 rings (SSSR count). The second-order valence-electron chi connectivity index (χ2n) is 5.32. The first-order chi connectivity index (χ1) is 9.76. The zero-order valence-electron chi connectivity index (χ0n) is 11.9. The van der Waals surface area contributed by atoms with Crippen LogP contribution in [-0.2, 0) is 11.3 Å². The first kappa shape index (κ1) is 15.3. The maximum absolute atomic E-state index is 9.37. The van der Waals surface area contributed by atoms with Crippen molar-refractivity contribution in [2.75, 3.05) is 12.4 Å². The van der Waals surface area contributed by atoms with Gasteiger partial charge in [0.15, 0.2) is 0 Å². The molecule has 1 aromatic carbocycles. The third-order valence-electron chi connectivity index (χ3n) is 3.93. The number of methoxy groups -OCH3 is 1. The molecular formula is C16H21BrN2O. The molecule has 108 valence electrons. The van der Waals surface area contributed by atoms with Crippen LogP contribution in [0.15, 0.2) is 22.7 Å². The molecule has 20 heavy (non-hydrogen) atoms. The van der Waals surface area contributed by atoms with Crippen molar-refractivity contribution in [3.8, 4) is 6.07 Å². The summed E-state index contributed by atoms with van der Waals surface area (Å²) >= 11 is 3.58. The van der Waals surface area contributed by atoms with Crippen molar-refractivity contribution in [1.82, 2.24) is 0 Å². The van der Waals surface area contributed by atoms with E-state index in [1.807, 2.05) is 12.1 Å². The van der Waals surface area contributed by atoms with Gasteiger partial charge in [-0.2, -0.15) is 5.26 Å². The number of halogens is 1. The van der Waals surface area contributed by atoms with Crippen LogP contribution in [0, 0.1) is 17.2 Å². The first-order valence-electron chi connectivity index (χ1n) is 7.18. The normalized spacial score (nSPS) is 22.9. The summed E-state index contributed by atoms with van der Waals surface area (Å²) in [5, 5.41) is 13.0. The standard InChI is InChI=1S/C16H21BrN2O/c1-20-11-13-14(17)7-5-9-16(13)19-15-8-4-2-3-6-12(15)10-18/h5,7,9,12,15,19H,2-4,6,8,11H2,1H3. The highest BCUT2D eigenvalue weighted by Gasteiger charge is 2.24. The number of nitrogens with zero attached hydrogens (tertiary/aromatic N) is 1. The zero-order chi connectivity index (χ0) is 14.4. The maximum atomic E-state index is 9.37. The lowest BCUT2D eigenvalue weighted by Gasteiger charge is -2.24. The van der Waals surface area contributed by atoms with Gasteiger partial charge in [0.2, 0.25) is 0 Å². The van der Waals surface area contributed by atoms with Gasteiger partial charge >= 0.3 is 0 Å². The van der Waals surface area contributed by atoms with Gasteiger partial charge in [-0.25, -0.2) is 0 Å². The van der Waals surface area contributed by atoms with E-state index in [-0.39, 0.29) is 12.0 Å². The van der Waals surface area contributed by atoms with Gasteiger partial charge in [0, 0.05) is 28.9 Å². The summed E-state index contributed by atoms with van der Waals surface area (Å²) in [7, 11) is 1.70. The third kappa shape index (κ3) is 3.74. The SMILES string of the molecule is COCc1c(Br)cccc1NC1CCCCCC1C#N. The lowest BCUT2D eigenvalue weighted by atomic mass is 9.95. The van der Waals surface area contributed by atoms with Crippen LogP contribution in [-0.4, -0.2) is 13.2 Å². The van der Waals surface area contributed by atoms with Crippen molar-refractivity contribution in [3.05, 3.63) is 28.2 Å². The molecule has 1 N–H and O–H groups in total. The van der Waals surface area contributed by atoms with Crippen molar-refractivity contribution in [3.63, 3.8) is 0 Å². The van der Waals surface area contributed by atoms with Crippen molar-refractivity contribution in [1.29, 1.82) is 5.26 Å². The van der Waals surface area contributed by atoms with E-state index in [2.05, 4.69) is 33.4 Å². The van der Waals surface area contributed by atoms with E-state index in [1.165, 1.54) is 19.3 Å². The molecule has 1 fully saturated rings. The minimum atomic E-state index is 0.104. The van der Waals surface area contributed by atoms with Crippen molar-refractivity contribution < 1.29 is 4.74 Å². The second-order valence-corrected chi connectivity index (χ2v) is 6.18. The highest BCUT2D eigenvalue weighted by atomic mass is 79.9. The topological polar surface area (TPSA) is 45.0 Å². The van der Waals surface area contributed by atoms with Gasteiger partial charge in [0.05, 0.1) is 18.6 Å². The van der Waals surface area contributed by atoms with Crippen LogP contribution in [0.2, 0.25) is 0 Å². The van der Waals surface area contributed by atoms with Crippen LogP contribution in [0.3, 0.4) is 0 Å². The fourth-order valence-electron chi connectivity index (χ4n) is 2.82. The summed E-state index contributed by atoms with van der Waals surface area (Å²) in [6, 6.07) is 8.83. The molecule has 0 aromatic heterocycles. The Hall–Kier alpha value is -1.05. The lowest BCUT2D eigenvalue weighted by molar-refractivity contribution is 0.184. The summed E-state index contributed by atoms with van der Waals surface area (Å²) in [4.78, 5) is 0. The van der Waals surface area contributed by atoms with Crippen molar-refractivity contribution in [2.45, 2.75) is 44.8 Å². The van der Waals surface area contributed by atoms with Gasteiger partial charge < -0.3 is 10.1 Å². The smallest absolute Gasteiger partial charge is 0.0744 e. The first-order valence-corrected chi connectivity index (χ1v) is 7.98.